The van der Waals surface area contributed by atoms with Crippen molar-refractivity contribution in [3.05, 3.63) is 60.5 Å². The predicted molar refractivity (Wildman–Crippen MR) is 87.0 cm³/mol. The average Bonchev–Trinajstić information content (AvgIpc) is 3.06. The SMILES string of the molecule is COc1ccc(SC(C)c2nnc(-c3ccccc3)o2)cc1. The van der Waals surface area contributed by atoms with Crippen LogP contribution in [0.15, 0.2) is 63.9 Å². The molecule has 1 unspecified atom stereocenters. The van der Waals surface area contributed by atoms with E-state index in [-0.39, 0.29) is 5.25 Å². The summed E-state index contributed by atoms with van der Waals surface area (Å²) in [6.07, 6.45) is 0. The molecule has 0 bridgehead atoms. The van der Waals surface area contributed by atoms with Crippen LogP contribution in [0.1, 0.15) is 18.1 Å². The van der Waals surface area contributed by atoms with E-state index in [4.69, 9.17) is 9.15 Å². The van der Waals surface area contributed by atoms with Crippen molar-refractivity contribution < 1.29 is 9.15 Å². The van der Waals surface area contributed by atoms with Crippen molar-refractivity contribution in [2.24, 2.45) is 0 Å². The normalized spacial score (nSPS) is 12.1. The van der Waals surface area contributed by atoms with E-state index >= 15 is 0 Å². The lowest BCUT2D eigenvalue weighted by molar-refractivity contribution is 0.414. The second-order valence-electron chi connectivity index (χ2n) is 4.75. The number of hydrogen-bond acceptors (Lipinski definition) is 5. The molecule has 0 amide bonds. The van der Waals surface area contributed by atoms with Gasteiger partial charge >= 0.3 is 0 Å². The van der Waals surface area contributed by atoms with E-state index in [1.165, 1.54) is 0 Å². The predicted octanol–water partition coefficient (Wildman–Crippen LogP) is 4.60. The Labute approximate surface area is 133 Å². The number of nitrogens with zero attached hydrogens (tertiary/aromatic N) is 2. The van der Waals surface area contributed by atoms with Crippen LogP contribution in [0.25, 0.3) is 11.5 Å². The maximum Gasteiger partial charge on any atom is 0.247 e. The second kappa shape index (κ2) is 6.66. The fraction of sp³-hybridized carbons (Fsp3) is 0.176. The fourth-order valence-electron chi connectivity index (χ4n) is 2.01. The zero-order valence-electron chi connectivity index (χ0n) is 12.4. The topological polar surface area (TPSA) is 48.2 Å². The highest BCUT2D eigenvalue weighted by molar-refractivity contribution is 7.99. The molecule has 3 aromatic rings. The minimum Gasteiger partial charge on any atom is -0.497 e. The molecule has 0 aliphatic rings. The Morgan fingerprint density at radius 1 is 1.00 bits per heavy atom. The molecular formula is C17H16N2O2S. The number of methoxy groups -OCH3 is 1. The van der Waals surface area contributed by atoms with Gasteiger partial charge in [-0.15, -0.1) is 22.0 Å². The number of ether oxygens (including phenoxy) is 1. The van der Waals surface area contributed by atoms with E-state index in [9.17, 15) is 0 Å². The monoisotopic (exact) mass is 312 g/mol. The summed E-state index contributed by atoms with van der Waals surface area (Å²) in [6, 6.07) is 17.7. The third kappa shape index (κ3) is 3.31. The van der Waals surface area contributed by atoms with Crippen molar-refractivity contribution in [3.8, 4) is 17.2 Å². The molecule has 0 saturated heterocycles. The molecule has 1 heterocycles. The number of aromatic nitrogens is 2. The molecule has 0 spiro atoms. The lowest BCUT2D eigenvalue weighted by atomic mass is 10.2. The summed E-state index contributed by atoms with van der Waals surface area (Å²) in [4.78, 5) is 1.13. The standard InChI is InChI=1S/C17H16N2O2S/c1-12(22-15-10-8-14(20-2)9-11-15)16-18-19-17(21-16)13-6-4-3-5-7-13/h3-12H,1-2H3. The largest absolute Gasteiger partial charge is 0.497 e. The summed E-state index contributed by atoms with van der Waals surface area (Å²) < 4.78 is 10.9. The van der Waals surface area contributed by atoms with Crippen LogP contribution in [0.3, 0.4) is 0 Å². The Balaban J connectivity index is 1.72. The quantitative estimate of drug-likeness (QED) is 0.644. The highest BCUT2D eigenvalue weighted by atomic mass is 32.2. The summed E-state index contributed by atoms with van der Waals surface area (Å²) in [7, 11) is 1.66. The van der Waals surface area contributed by atoms with Crippen molar-refractivity contribution in [3.63, 3.8) is 0 Å². The maximum atomic E-state index is 5.78. The first-order chi connectivity index (χ1) is 10.8. The molecule has 1 aromatic heterocycles. The molecule has 2 aromatic carbocycles. The highest BCUT2D eigenvalue weighted by Crippen LogP contribution is 2.35. The van der Waals surface area contributed by atoms with E-state index in [0.717, 1.165) is 16.2 Å². The molecule has 4 nitrogen and oxygen atoms in total. The first-order valence-corrected chi connectivity index (χ1v) is 7.84. The molecule has 0 N–H and O–H groups in total. The first-order valence-electron chi connectivity index (χ1n) is 6.96. The van der Waals surface area contributed by atoms with Gasteiger partial charge in [0.15, 0.2) is 0 Å². The van der Waals surface area contributed by atoms with Crippen LogP contribution >= 0.6 is 11.8 Å². The Hall–Kier alpha value is -2.27. The third-order valence-corrected chi connectivity index (χ3v) is 4.28. The van der Waals surface area contributed by atoms with Gasteiger partial charge in [-0.3, -0.25) is 0 Å². The van der Waals surface area contributed by atoms with Gasteiger partial charge in [-0.25, -0.2) is 0 Å². The zero-order valence-corrected chi connectivity index (χ0v) is 13.2. The molecule has 0 fully saturated rings. The van der Waals surface area contributed by atoms with Gasteiger partial charge in [0.25, 0.3) is 0 Å². The second-order valence-corrected chi connectivity index (χ2v) is 6.16. The van der Waals surface area contributed by atoms with E-state index in [2.05, 4.69) is 17.1 Å². The number of hydrogen-bond donors (Lipinski definition) is 0. The van der Waals surface area contributed by atoms with Gasteiger partial charge in [-0.05, 0) is 43.3 Å². The van der Waals surface area contributed by atoms with Crippen LogP contribution in [0, 0.1) is 0 Å². The summed E-state index contributed by atoms with van der Waals surface area (Å²) >= 11 is 1.67. The molecule has 112 valence electrons. The number of thioether (sulfide) groups is 1. The molecular weight excluding hydrogens is 296 g/mol. The fourth-order valence-corrected chi connectivity index (χ4v) is 2.90. The summed E-state index contributed by atoms with van der Waals surface area (Å²) in [5, 5.41) is 8.37. The Morgan fingerprint density at radius 3 is 2.41 bits per heavy atom. The van der Waals surface area contributed by atoms with Crippen LogP contribution in [0.2, 0.25) is 0 Å². The van der Waals surface area contributed by atoms with Gasteiger partial charge in [-0.2, -0.15) is 0 Å². The van der Waals surface area contributed by atoms with Crippen LogP contribution in [-0.4, -0.2) is 17.3 Å². The first kappa shape index (κ1) is 14.7. The van der Waals surface area contributed by atoms with Crippen molar-refractivity contribution >= 4 is 11.8 Å². The van der Waals surface area contributed by atoms with Crippen molar-refractivity contribution in [1.29, 1.82) is 0 Å². The van der Waals surface area contributed by atoms with Crippen molar-refractivity contribution in [2.45, 2.75) is 17.1 Å². The Morgan fingerprint density at radius 2 is 1.73 bits per heavy atom. The van der Waals surface area contributed by atoms with Crippen molar-refractivity contribution in [2.75, 3.05) is 7.11 Å². The summed E-state index contributed by atoms with van der Waals surface area (Å²) in [5.41, 5.74) is 0.933. The minimum atomic E-state index is 0.0818. The molecule has 3 rings (SSSR count). The lowest BCUT2D eigenvalue weighted by Crippen LogP contribution is -1.89. The van der Waals surface area contributed by atoms with Gasteiger partial charge in [-0.1, -0.05) is 18.2 Å². The summed E-state index contributed by atoms with van der Waals surface area (Å²) in [6.45, 7) is 2.05. The molecule has 0 radical (unpaired) electrons. The van der Waals surface area contributed by atoms with E-state index in [1.54, 1.807) is 18.9 Å². The molecule has 22 heavy (non-hydrogen) atoms. The Bertz CT molecular complexity index is 726. The van der Waals surface area contributed by atoms with E-state index in [1.807, 2.05) is 54.6 Å². The maximum absolute atomic E-state index is 5.78. The van der Waals surface area contributed by atoms with Crippen LogP contribution in [0.5, 0.6) is 5.75 Å². The molecule has 0 aliphatic carbocycles. The van der Waals surface area contributed by atoms with Gasteiger partial charge in [0.2, 0.25) is 11.8 Å². The van der Waals surface area contributed by atoms with Gasteiger partial charge in [0.1, 0.15) is 5.75 Å². The zero-order chi connectivity index (χ0) is 15.4. The smallest absolute Gasteiger partial charge is 0.247 e. The van der Waals surface area contributed by atoms with E-state index < -0.39 is 0 Å². The number of benzene rings is 2. The van der Waals surface area contributed by atoms with Crippen molar-refractivity contribution in [1.82, 2.24) is 10.2 Å². The van der Waals surface area contributed by atoms with Gasteiger partial charge in [0.05, 0.1) is 12.4 Å². The molecule has 0 saturated carbocycles. The molecule has 1 atom stereocenters. The van der Waals surface area contributed by atoms with Crippen LogP contribution in [0.4, 0.5) is 0 Å². The van der Waals surface area contributed by atoms with Crippen LogP contribution < -0.4 is 4.74 Å². The lowest BCUT2D eigenvalue weighted by Gasteiger charge is -2.07. The third-order valence-electron chi connectivity index (χ3n) is 3.18. The number of rotatable bonds is 5. The molecule has 0 aliphatic heterocycles. The van der Waals surface area contributed by atoms with Gasteiger partial charge in [0, 0.05) is 10.5 Å². The molecule has 5 heteroatoms. The summed E-state index contributed by atoms with van der Waals surface area (Å²) in [5.74, 6) is 2.03. The van der Waals surface area contributed by atoms with Crippen LogP contribution in [-0.2, 0) is 0 Å². The van der Waals surface area contributed by atoms with Gasteiger partial charge < -0.3 is 9.15 Å². The minimum absolute atomic E-state index is 0.0818. The average molecular weight is 312 g/mol. The Kier molecular flexibility index (Phi) is 4.44. The highest BCUT2D eigenvalue weighted by Gasteiger charge is 2.16. The van der Waals surface area contributed by atoms with E-state index in [0.29, 0.717) is 11.8 Å².